The average Bonchev–Trinajstić information content (AvgIpc) is 3.21. The third kappa shape index (κ3) is 12.0. The van der Waals surface area contributed by atoms with Crippen LogP contribution in [0.3, 0.4) is 0 Å². The standard InChI is InChI=1S/C56H74N4O7/c1-53(2,3)42-23-34-19-36-25-43(54(4,5)6)27-38-21-40-29-45(56(10,11)12)30-41-22-39-28-44(55(7,8)9)26-37(20-35(24-42)49(34)64)51(39)66-32-47(62)58-14-17-60(16-13-57-46(61)31-65-50(36)38)18-15-59-48(63)33-67-52(40)41/h23-30,64H,13-22,31-33H2,1-12H3,(H,57,61)(H,58,62)(H,59,63). The number of hydrogen-bond acceptors (Lipinski definition) is 8. The molecule has 7 rings (SSSR count). The van der Waals surface area contributed by atoms with E-state index in [1.807, 2.05) is 0 Å². The van der Waals surface area contributed by atoms with E-state index >= 15 is 0 Å². The summed E-state index contributed by atoms with van der Waals surface area (Å²) in [6, 6.07) is 17.3. The van der Waals surface area contributed by atoms with Crippen LogP contribution in [0.15, 0.2) is 48.5 Å². The van der Waals surface area contributed by atoms with Gasteiger partial charge in [-0.25, -0.2) is 0 Å². The summed E-state index contributed by atoms with van der Waals surface area (Å²) in [4.78, 5) is 43.4. The van der Waals surface area contributed by atoms with Crippen LogP contribution in [0.2, 0.25) is 0 Å². The van der Waals surface area contributed by atoms with E-state index in [1.54, 1.807) is 0 Å². The number of aromatic hydroxyl groups is 1. The predicted octanol–water partition coefficient (Wildman–Crippen LogP) is 8.07. The van der Waals surface area contributed by atoms with Gasteiger partial charge in [0.1, 0.15) is 23.0 Å². The van der Waals surface area contributed by atoms with Crippen LogP contribution in [0, 0.1) is 0 Å². The maximum absolute atomic E-state index is 13.8. The fraction of sp³-hybridized carbons (Fsp3) is 0.518. The molecule has 4 aromatic carbocycles. The van der Waals surface area contributed by atoms with E-state index in [1.165, 1.54) is 0 Å². The van der Waals surface area contributed by atoms with Gasteiger partial charge in [-0.1, -0.05) is 132 Å². The predicted molar refractivity (Wildman–Crippen MR) is 265 cm³/mol. The van der Waals surface area contributed by atoms with Gasteiger partial charge in [0, 0.05) is 65.0 Å². The van der Waals surface area contributed by atoms with Crippen molar-refractivity contribution in [3.8, 4) is 23.0 Å². The summed E-state index contributed by atoms with van der Waals surface area (Å²) in [5.41, 5.74) is 9.80. The van der Waals surface area contributed by atoms with Crippen LogP contribution >= 0.6 is 0 Å². The first-order valence-electron chi connectivity index (χ1n) is 24.1. The molecule has 0 fully saturated rings. The topological polar surface area (TPSA) is 138 Å². The van der Waals surface area contributed by atoms with Crippen LogP contribution in [0.1, 0.15) is 150 Å². The first kappa shape index (κ1) is 49.4. The Bertz CT molecular complexity index is 2390. The number of nitrogens with one attached hydrogen (secondary N) is 3. The third-order valence-electron chi connectivity index (χ3n) is 13.3. The Morgan fingerprint density at radius 1 is 0.403 bits per heavy atom. The van der Waals surface area contributed by atoms with E-state index < -0.39 is 0 Å². The van der Waals surface area contributed by atoms with Gasteiger partial charge in [0.15, 0.2) is 19.8 Å². The lowest BCUT2D eigenvalue weighted by Crippen LogP contribution is -2.44. The highest BCUT2D eigenvalue weighted by Crippen LogP contribution is 2.44. The summed E-state index contributed by atoms with van der Waals surface area (Å²) >= 11 is 0. The molecule has 0 aromatic heterocycles. The first-order valence-corrected chi connectivity index (χ1v) is 24.1. The van der Waals surface area contributed by atoms with Crippen molar-refractivity contribution in [1.82, 2.24) is 20.9 Å². The number of rotatable bonds is 0. The van der Waals surface area contributed by atoms with Crippen molar-refractivity contribution in [2.45, 2.75) is 130 Å². The number of benzene rings is 4. The Morgan fingerprint density at radius 3 is 0.866 bits per heavy atom. The monoisotopic (exact) mass is 915 g/mol. The lowest BCUT2D eigenvalue weighted by Gasteiger charge is -2.29. The lowest BCUT2D eigenvalue weighted by molar-refractivity contribution is -0.123. The fourth-order valence-corrected chi connectivity index (χ4v) is 9.15. The molecule has 67 heavy (non-hydrogen) atoms. The Kier molecular flexibility index (Phi) is 14.2. The number of hydrogen-bond donors (Lipinski definition) is 4. The van der Waals surface area contributed by atoms with Crippen molar-refractivity contribution >= 4 is 17.7 Å². The van der Waals surface area contributed by atoms with Crippen LogP contribution in [0.5, 0.6) is 23.0 Å². The summed E-state index contributed by atoms with van der Waals surface area (Å²) in [5, 5.41) is 21.8. The Labute approximate surface area is 398 Å². The molecule has 0 saturated carbocycles. The normalized spacial score (nSPS) is 17.3. The molecule has 0 radical (unpaired) electrons. The second-order valence-electron chi connectivity index (χ2n) is 23.0. The number of fused-ring (bicyclic) bond motifs is 8. The second kappa shape index (κ2) is 19.2. The zero-order chi connectivity index (χ0) is 48.6. The quantitative estimate of drug-likeness (QED) is 0.115. The second-order valence-corrected chi connectivity index (χ2v) is 23.0. The Balaban J connectivity index is 1.63. The zero-order valence-electron chi connectivity index (χ0n) is 42.2. The SMILES string of the molecule is CC(C)(C)c1cc2c(O)c(c1)Cc1cc(C(C)(C)C)cc3c1OCC(=O)NCCN1CCNC(=O)COc4c(cc(C(C)(C)C)cc4Cc4cc(C(C)(C)C)cc(c4OCC(=O)NCC1)C3)C2. The fourth-order valence-electron chi connectivity index (χ4n) is 9.15. The maximum atomic E-state index is 13.8. The van der Waals surface area contributed by atoms with Gasteiger partial charge in [-0.2, -0.15) is 0 Å². The minimum absolute atomic E-state index is 0.181. The number of ether oxygens (including phenoxy) is 3. The molecule has 3 aliphatic rings. The molecule has 12 bridgehead atoms. The molecule has 11 nitrogen and oxygen atoms in total. The molecule has 3 amide bonds. The van der Waals surface area contributed by atoms with Crippen molar-refractivity contribution in [3.63, 3.8) is 0 Å². The highest BCUT2D eigenvalue weighted by molar-refractivity contribution is 5.79. The number of amides is 3. The molecular weight excluding hydrogens is 841 g/mol. The summed E-state index contributed by atoms with van der Waals surface area (Å²) in [5.74, 6) is 1.15. The Morgan fingerprint density at radius 2 is 0.627 bits per heavy atom. The third-order valence-corrected chi connectivity index (χ3v) is 13.3. The summed E-state index contributed by atoms with van der Waals surface area (Å²) in [6.07, 6.45) is 1.35. The van der Waals surface area contributed by atoms with Crippen molar-refractivity contribution in [2.75, 3.05) is 59.1 Å². The van der Waals surface area contributed by atoms with Gasteiger partial charge in [0.25, 0.3) is 17.7 Å². The molecule has 1 aliphatic carbocycles. The molecular formula is C56H74N4O7. The number of phenolic OH excluding ortho intramolecular Hbond substituents is 1. The van der Waals surface area contributed by atoms with Crippen LogP contribution in [-0.2, 0) is 61.7 Å². The highest BCUT2D eigenvalue weighted by Gasteiger charge is 2.30. The van der Waals surface area contributed by atoms with Gasteiger partial charge in [0.05, 0.1) is 0 Å². The van der Waals surface area contributed by atoms with Crippen LogP contribution in [0.4, 0.5) is 0 Å². The van der Waals surface area contributed by atoms with E-state index in [9.17, 15) is 19.5 Å². The van der Waals surface area contributed by atoms with Crippen molar-refractivity contribution < 1.29 is 33.7 Å². The molecule has 360 valence electrons. The summed E-state index contributed by atoms with van der Waals surface area (Å²) in [7, 11) is 0. The molecule has 0 spiro atoms. The number of carbonyl (C=O) groups is 3. The molecule has 0 saturated heterocycles. The summed E-state index contributed by atoms with van der Waals surface area (Å²) < 4.78 is 20.4. The molecule has 2 heterocycles. The zero-order valence-corrected chi connectivity index (χ0v) is 42.2. The highest BCUT2D eigenvalue weighted by atomic mass is 16.5. The number of phenols is 1. The van der Waals surface area contributed by atoms with Gasteiger partial charge >= 0.3 is 0 Å². The number of carbonyl (C=O) groups excluding carboxylic acids is 3. The van der Waals surface area contributed by atoms with E-state index in [2.05, 4.69) is 152 Å². The molecule has 4 aromatic rings. The molecule has 2 aliphatic heterocycles. The van der Waals surface area contributed by atoms with Gasteiger partial charge < -0.3 is 35.3 Å². The van der Waals surface area contributed by atoms with E-state index in [-0.39, 0.29) is 65.0 Å². The van der Waals surface area contributed by atoms with E-state index in [4.69, 9.17) is 14.2 Å². The molecule has 11 heteroatoms. The minimum Gasteiger partial charge on any atom is -0.507 e. The minimum atomic E-state index is -0.287. The van der Waals surface area contributed by atoms with E-state index in [0.29, 0.717) is 82.2 Å². The molecule has 0 unspecified atom stereocenters. The van der Waals surface area contributed by atoms with Crippen molar-refractivity contribution in [1.29, 1.82) is 0 Å². The summed E-state index contributed by atoms with van der Waals surface area (Å²) in [6.45, 7) is 28.1. The largest absolute Gasteiger partial charge is 0.507 e. The van der Waals surface area contributed by atoms with Crippen LogP contribution in [0.25, 0.3) is 0 Å². The van der Waals surface area contributed by atoms with Crippen LogP contribution < -0.4 is 30.2 Å². The molecule has 4 N–H and O–H groups in total. The van der Waals surface area contributed by atoms with Crippen molar-refractivity contribution in [2.24, 2.45) is 0 Å². The average molecular weight is 915 g/mol. The number of nitrogens with zero attached hydrogens (tertiary/aromatic N) is 1. The van der Waals surface area contributed by atoms with Gasteiger partial charge in [-0.05, 0) is 88.4 Å². The van der Waals surface area contributed by atoms with Crippen LogP contribution in [-0.4, -0.2) is 86.8 Å². The maximum Gasteiger partial charge on any atom is 0.257 e. The van der Waals surface area contributed by atoms with Gasteiger partial charge in [-0.15, -0.1) is 0 Å². The van der Waals surface area contributed by atoms with Gasteiger partial charge in [0.2, 0.25) is 0 Å². The first-order chi connectivity index (χ1) is 31.3. The Hall–Kier alpha value is -5.55. The smallest absolute Gasteiger partial charge is 0.257 e. The van der Waals surface area contributed by atoms with E-state index in [0.717, 1.165) is 66.8 Å². The molecule has 0 atom stereocenters. The van der Waals surface area contributed by atoms with Crippen molar-refractivity contribution in [3.05, 3.63) is 115 Å². The van der Waals surface area contributed by atoms with Gasteiger partial charge in [-0.3, -0.25) is 19.3 Å². The lowest BCUT2D eigenvalue weighted by atomic mass is 9.79.